The lowest BCUT2D eigenvalue weighted by Crippen LogP contribution is -1.85. The molecule has 0 unspecified atom stereocenters. The van der Waals surface area contributed by atoms with Crippen LogP contribution in [-0.2, 0) is 0 Å². The van der Waals surface area contributed by atoms with Gasteiger partial charge in [0.15, 0.2) is 0 Å². The third kappa shape index (κ3) is 1.99. The van der Waals surface area contributed by atoms with Crippen LogP contribution in [0.5, 0.6) is 5.75 Å². The first-order valence-electron chi connectivity index (χ1n) is 4.68. The number of hydrogen-bond donors (Lipinski definition) is 1. The maximum absolute atomic E-state index is 6.05. The van der Waals surface area contributed by atoms with Crippen molar-refractivity contribution in [2.45, 2.75) is 6.92 Å². The van der Waals surface area contributed by atoms with Gasteiger partial charge in [0.1, 0.15) is 15.8 Å². The molecule has 2 N–H and O–H groups in total. The van der Waals surface area contributed by atoms with Crippen molar-refractivity contribution in [3.05, 3.63) is 28.9 Å². The quantitative estimate of drug-likeness (QED) is 0.894. The van der Waals surface area contributed by atoms with Crippen LogP contribution >= 0.6 is 22.9 Å². The van der Waals surface area contributed by atoms with E-state index >= 15 is 0 Å². The van der Waals surface area contributed by atoms with E-state index in [0.29, 0.717) is 10.8 Å². The lowest BCUT2D eigenvalue weighted by atomic mass is 10.2. The largest absolute Gasteiger partial charge is 0.495 e. The Balaban J connectivity index is 2.45. The Morgan fingerprint density at radius 1 is 1.44 bits per heavy atom. The fourth-order valence-corrected chi connectivity index (χ4v) is 2.42. The van der Waals surface area contributed by atoms with Gasteiger partial charge in [-0.3, -0.25) is 0 Å². The van der Waals surface area contributed by atoms with Crippen LogP contribution < -0.4 is 10.5 Å². The summed E-state index contributed by atoms with van der Waals surface area (Å²) in [7, 11) is 1.59. The molecular formula is C11H11ClN2OS. The number of hydrogen-bond acceptors (Lipinski definition) is 4. The Kier molecular flexibility index (Phi) is 3.03. The van der Waals surface area contributed by atoms with E-state index in [1.54, 1.807) is 7.11 Å². The summed E-state index contributed by atoms with van der Waals surface area (Å²) in [6, 6.07) is 5.57. The summed E-state index contributed by atoms with van der Waals surface area (Å²) in [5, 5.41) is 2.19. The molecule has 16 heavy (non-hydrogen) atoms. The second-order valence-corrected chi connectivity index (χ2v) is 4.76. The van der Waals surface area contributed by atoms with Crippen LogP contribution in [0.3, 0.4) is 0 Å². The minimum Gasteiger partial charge on any atom is -0.495 e. The molecule has 2 rings (SSSR count). The summed E-state index contributed by atoms with van der Waals surface area (Å²) < 4.78 is 5.09. The fourth-order valence-electron chi connectivity index (χ4n) is 1.33. The fraction of sp³-hybridized carbons (Fsp3) is 0.182. The number of nitrogen functional groups attached to an aromatic ring is 1. The number of aromatic nitrogens is 1. The average Bonchev–Trinajstić information content (AvgIpc) is 2.59. The molecular weight excluding hydrogens is 244 g/mol. The number of methoxy groups -OCH3 is 1. The van der Waals surface area contributed by atoms with Gasteiger partial charge in [-0.15, -0.1) is 0 Å². The Morgan fingerprint density at radius 3 is 2.69 bits per heavy atom. The number of aryl methyl sites for hydroxylation is 1. The maximum atomic E-state index is 6.05. The molecule has 0 bridgehead atoms. The highest BCUT2D eigenvalue weighted by molar-refractivity contribution is 7.18. The van der Waals surface area contributed by atoms with E-state index in [9.17, 15) is 0 Å². The highest BCUT2D eigenvalue weighted by atomic mass is 35.5. The molecule has 1 aromatic carbocycles. The van der Waals surface area contributed by atoms with Gasteiger partial charge in [0.05, 0.1) is 17.8 Å². The summed E-state index contributed by atoms with van der Waals surface area (Å²) in [6.45, 7) is 1.89. The molecule has 0 spiro atoms. The Labute approximate surface area is 103 Å². The van der Waals surface area contributed by atoms with Crippen molar-refractivity contribution in [2.75, 3.05) is 12.8 Å². The Hall–Kier alpha value is -1.26. The highest BCUT2D eigenvalue weighted by Gasteiger charge is 2.09. The van der Waals surface area contributed by atoms with Gasteiger partial charge in [-0.25, -0.2) is 4.98 Å². The number of ether oxygens (including phenoxy) is 1. The van der Waals surface area contributed by atoms with Crippen molar-refractivity contribution in [3.8, 4) is 16.3 Å². The molecule has 0 radical (unpaired) electrons. The van der Waals surface area contributed by atoms with Crippen molar-refractivity contribution < 1.29 is 4.74 Å². The third-order valence-corrected chi connectivity index (χ3v) is 3.56. The zero-order chi connectivity index (χ0) is 11.7. The molecule has 1 aromatic heterocycles. The Bertz CT molecular complexity index is 505. The van der Waals surface area contributed by atoms with E-state index in [4.69, 9.17) is 22.1 Å². The summed E-state index contributed by atoms with van der Waals surface area (Å²) in [4.78, 5) is 4.37. The van der Waals surface area contributed by atoms with Crippen molar-refractivity contribution in [1.29, 1.82) is 0 Å². The third-order valence-electron chi connectivity index (χ3n) is 2.23. The number of benzene rings is 1. The lowest BCUT2D eigenvalue weighted by molar-refractivity contribution is 0.415. The standard InChI is InChI=1S/C11H11ClN2OS/c1-6-10(13)16-11(14-6)7-3-4-9(15-2)8(12)5-7/h3-5H,13H2,1-2H3. The predicted molar refractivity (Wildman–Crippen MR) is 68.3 cm³/mol. The summed E-state index contributed by atoms with van der Waals surface area (Å²) in [6.07, 6.45) is 0. The molecule has 0 saturated carbocycles. The molecule has 0 atom stereocenters. The molecule has 1 heterocycles. The van der Waals surface area contributed by atoms with E-state index in [-0.39, 0.29) is 0 Å². The zero-order valence-corrected chi connectivity index (χ0v) is 10.5. The number of nitrogens with two attached hydrogens (primary N) is 1. The van der Waals surface area contributed by atoms with E-state index < -0.39 is 0 Å². The molecule has 0 amide bonds. The first-order chi connectivity index (χ1) is 7.61. The van der Waals surface area contributed by atoms with Crippen LogP contribution in [0.15, 0.2) is 18.2 Å². The predicted octanol–water partition coefficient (Wildman–Crippen LogP) is 3.36. The number of thiazole rings is 1. The van der Waals surface area contributed by atoms with Gasteiger partial charge in [-0.1, -0.05) is 22.9 Å². The van der Waals surface area contributed by atoms with E-state index in [1.165, 1.54) is 11.3 Å². The number of nitrogens with zero attached hydrogens (tertiary/aromatic N) is 1. The van der Waals surface area contributed by atoms with Gasteiger partial charge in [0.2, 0.25) is 0 Å². The maximum Gasteiger partial charge on any atom is 0.137 e. The van der Waals surface area contributed by atoms with Crippen molar-refractivity contribution >= 4 is 27.9 Å². The molecule has 0 aliphatic carbocycles. The second kappa shape index (κ2) is 4.31. The normalized spacial score (nSPS) is 10.4. The van der Waals surface area contributed by atoms with Crippen LogP contribution in [0, 0.1) is 6.92 Å². The molecule has 0 fully saturated rings. The summed E-state index contributed by atoms with van der Waals surface area (Å²) >= 11 is 7.50. The van der Waals surface area contributed by atoms with Gasteiger partial charge >= 0.3 is 0 Å². The average molecular weight is 255 g/mol. The van der Waals surface area contributed by atoms with Crippen LogP contribution in [0.1, 0.15) is 5.69 Å². The number of halogens is 1. The van der Waals surface area contributed by atoms with Crippen molar-refractivity contribution in [2.24, 2.45) is 0 Å². The smallest absolute Gasteiger partial charge is 0.137 e. The topological polar surface area (TPSA) is 48.1 Å². The lowest BCUT2D eigenvalue weighted by Gasteiger charge is -2.03. The van der Waals surface area contributed by atoms with E-state index in [0.717, 1.165) is 21.3 Å². The minimum atomic E-state index is 0.575. The summed E-state index contributed by atoms with van der Waals surface area (Å²) in [5.74, 6) is 0.659. The zero-order valence-electron chi connectivity index (χ0n) is 8.95. The van der Waals surface area contributed by atoms with Gasteiger partial charge in [-0.2, -0.15) is 0 Å². The Morgan fingerprint density at radius 2 is 2.19 bits per heavy atom. The molecule has 84 valence electrons. The van der Waals surface area contributed by atoms with Gasteiger partial charge in [0, 0.05) is 5.56 Å². The molecule has 0 saturated heterocycles. The van der Waals surface area contributed by atoms with Gasteiger partial charge < -0.3 is 10.5 Å². The molecule has 0 aliphatic rings. The van der Waals surface area contributed by atoms with E-state index in [1.807, 2.05) is 25.1 Å². The SMILES string of the molecule is COc1ccc(-c2nc(C)c(N)s2)cc1Cl. The molecule has 0 aliphatic heterocycles. The van der Waals surface area contributed by atoms with Crippen LogP contribution in [-0.4, -0.2) is 12.1 Å². The molecule has 5 heteroatoms. The van der Waals surface area contributed by atoms with Crippen molar-refractivity contribution in [3.63, 3.8) is 0 Å². The van der Waals surface area contributed by atoms with Gasteiger partial charge in [-0.05, 0) is 25.1 Å². The van der Waals surface area contributed by atoms with Gasteiger partial charge in [0.25, 0.3) is 0 Å². The van der Waals surface area contributed by atoms with Crippen LogP contribution in [0.4, 0.5) is 5.00 Å². The van der Waals surface area contributed by atoms with Crippen LogP contribution in [0.25, 0.3) is 10.6 Å². The second-order valence-electron chi connectivity index (χ2n) is 3.32. The monoisotopic (exact) mass is 254 g/mol. The highest BCUT2D eigenvalue weighted by Crippen LogP contribution is 2.34. The minimum absolute atomic E-state index is 0.575. The first kappa shape index (κ1) is 11.2. The number of anilines is 1. The van der Waals surface area contributed by atoms with E-state index in [2.05, 4.69) is 4.98 Å². The van der Waals surface area contributed by atoms with Crippen molar-refractivity contribution in [1.82, 2.24) is 4.98 Å². The first-order valence-corrected chi connectivity index (χ1v) is 5.88. The molecule has 2 aromatic rings. The molecule has 3 nitrogen and oxygen atoms in total. The number of rotatable bonds is 2. The summed E-state index contributed by atoms with van der Waals surface area (Å²) in [5.41, 5.74) is 7.58. The van der Waals surface area contributed by atoms with Crippen LogP contribution in [0.2, 0.25) is 5.02 Å².